The lowest BCUT2D eigenvalue weighted by Gasteiger charge is -2.34. The molecule has 0 saturated carbocycles. The number of nitrogens with zero attached hydrogens (tertiary/aromatic N) is 2. The fourth-order valence-electron chi connectivity index (χ4n) is 2.28. The van der Waals surface area contributed by atoms with Crippen molar-refractivity contribution in [3.8, 4) is 0 Å². The topological polar surface area (TPSA) is 57.7 Å². The summed E-state index contributed by atoms with van der Waals surface area (Å²) in [5.41, 5.74) is 0. The first-order valence-electron chi connectivity index (χ1n) is 6.81. The van der Waals surface area contributed by atoms with Crippen LogP contribution in [0.25, 0.3) is 0 Å². The quantitative estimate of drug-likeness (QED) is 0.817. The third-order valence-electron chi connectivity index (χ3n) is 3.59. The molecular weight excluding hydrogens is 276 g/mol. The van der Waals surface area contributed by atoms with E-state index in [9.17, 15) is 13.2 Å². The van der Waals surface area contributed by atoms with Crippen LogP contribution in [0.2, 0.25) is 0 Å². The highest BCUT2D eigenvalue weighted by molar-refractivity contribution is 7.92. The monoisotopic (exact) mass is 296 g/mol. The molecule has 0 aliphatic carbocycles. The Morgan fingerprint density at radius 1 is 1.10 bits per heavy atom. The Balaban J connectivity index is 1.98. The summed E-state index contributed by atoms with van der Waals surface area (Å²) >= 11 is 0. The lowest BCUT2D eigenvalue weighted by molar-refractivity contribution is -0.130. The maximum atomic E-state index is 12.1. The molecule has 1 amide bonds. The summed E-state index contributed by atoms with van der Waals surface area (Å²) in [6.45, 7) is 5.89. The van der Waals surface area contributed by atoms with Crippen LogP contribution in [0.15, 0.2) is 35.2 Å². The van der Waals surface area contributed by atoms with E-state index in [4.69, 9.17) is 0 Å². The molecule has 1 aliphatic rings. The summed E-state index contributed by atoms with van der Waals surface area (Å²) in [7, 11) is -3.53. The average molecular weight is 296 g/mol. The number of carbonyl (C=O) groups is 1. The van der Waals surface area contributed by atoms with E-state index in [2.05, 4.69) is 11.8 Å². The normalized spacial score (nSPS) is 17.1. The van der Waals surface area contributed by atoms with E-state index in [-0.39, 0.29) is 10.8 Å². The zero-order valence-corrected chi connectivity index (χ0v) is 12.5. The van der Waals surface area contributed by atoms with Crippen molar-refractivity contribution in [2.45, 2.75) is 11.8 Å². The number of hydrogen-bond acceptors (Lipinski definition) is 4. The third kappa shape index (κ3) is 3.58. The molecule has 0 aromatic heterocycles. The number of benzene rings is 1. The van der Waals surface area contributed by atoms with Gasteiger partial charge in [-0.15, -0.1) is 0 Å². The lowest BCUT2D eigenvalue weighted by atomic mass is 10.3. The molecule has 1 aliphatic heterocycles. The Morgan fingerprint density at radius 2 is 1.70 bits per heavy atom. The number of rotatable bonds is 4. The van der Waals surface area contributed by atoms with Crippen LogP contribution in [0.4, 0.5) is 0 Å². The summed E-state index contributed by atoms with van der Waals surface area (Å²) < 4.78 is 24.3. The van der Waals surface area contributed by atoms with Crippen LogP contribution in [0.3, 0.4) is 0 Å². The van der Waals surface area contributed by atoms with Gasteiger partial charge >= 0.3 is 0 Å². The Labute approximate surface area is 120 Å². The summed E-state index contributed by atoms with van der Waals surface area (Å²) in [4.78, 5) is 16.2. The predicted molar refractivity (Wildman–Crippen MR) is 77.2 cm³/mol. The van der Waals surface area contributed by atoms with Gasteiger partial charge in [0.15, 0.2) is 9.84 Å². The van der Waals surface area contributed by atoms with Gasteiger partial charge in [0.05, 0.1) is 4.90 Å². The molecule has 0 unspecified atom stereocenters. The minimum Gasteiger partial charge on any atom is -0.339 e. The molecule has 1 aromatic rings. The van der Waals surface area contributed by atoms with Gasteiger partial charge in [-0.25, -0.2) is 8.42 Å². The smallest absolute Gasteiger partial charge is 0.238 e. The highest BCUT2D eigenvalue weighted by Gasteiger charge is 2.25. The molecule has 0 bridgehead atoms. The molecule has 110 valence electrons. The van der Waals surface area contributed by atoms with Crippen LogP contribution >= 0.6 is 0 Å². The maximum Gasteiger partial charge on any atom is 0.238 e. The summed E-state index contributed by atoms with van der Waals surface area (Å²) in [5.74, 6) is -0.743. The standard InChI is InChI=1S/C14H20N2O3S/c1-2-15-8-10-16(11-9-15)14(17)12-20(18,19)13-6-4-3-5-7-13/h3-7H,2,8-12H2,1H3. The molecule has 20 heavy (non-hydrogen) atoms. The second-order valence-corrected chi connectivity index (χ2v) is 6.88. The van der Waals surface area contributed by atoms with Gasteiger partial charge < -0.3 is 9.80 Å². The fraction of sp³-hybridized carbons (Fsp3) is 0.500. The first-order valence-corrected chi connectivity index (χ1v) is 8.46. The van der Waals surface area contributed by atoms with E-state index in [1.165, 1.54) is 12.1 Å². The minimum absolute atomic E-state index is 0.209. The zero-order chi connectivity index (χ0) is 14.6. The van der Waals surface area contributed by atoms with Gasteiger partial charge in [0.1, 0.15) is 5.75 Å². The van der Waals surface area contributed by atoms with Gasteiger partial charge in [0, 0.05) is 26.2 Å². The summed E-state index contributed by atoms with van der Waals surface area (Å²) in [6, 6.07) is 8.13. The van der Waals surface area contributed by atoms with Crippen LogP contribution in [-0.2, 0) is 14.6 Å². The predicted octanol–water partition coefficient (Wildman–Crippen LogP) is 0.624. The van der Waals surface area contributed by atoms with E-state index >= 15 is 0 Å². The SMILES string of the molecule is CCN1CCN(C(=O)CS(=O)(=O)c2ccccc2)CC1. The first-order chi connectivity index (χ1) is 9.53. The van der Waals surface area contributed by atoms with Crippen LogP contribution in [0.5, 0.6) is 0 Å². The van der Waals surface area contributed by atoms with Gasteiger partial charge in [-0.05, 0) is 18.7 Å². The highest BCUT2D eigenvalue weighted by Crippen LogP contribution is 2.12. The van der Waals surface area contributed by atoms with Crippen molar-refractivity contribution >= 4 is 15.7 Å². The van der Waals surface area contributed by atoms with Crippen molar-refractivity contribution in [1.29, 1.82) is 0 Å². The molecule has 1 fully saturated rings. The van der Waals surface area contributed by atoms with E-state index in [0.717, 1.165) is 19.6 Å². The molecule has 0 spiro atoms. The molecule has 5 nitrogen and oxygen atoms in total. The second kappa shape index (κ2) is 6.37. The number of hydrogen-bond donors (Lipinski definition) is 0. The largest absolute Gasteiger partial charge is 0.339 e. The number of likely N-dealkylation sites (N-methyl/N-ethyl adjacent to an activating group) is 1. The van der Waals surface area contributed by atoms with Crippen molar-refractivity contribution in [1.82, 2.24) is 9.80 Å². The Hall–Kier alpha value is -1.40. The molecule has 1 heterocycles. The average Bonchev–Trinajstić information content (AvgIpc) is 2.48. The van der Waals surface area contributed by atoms with E-state index in [1.807, 2.05) is 0 Å². The Kier molecular flexibility index (Phi) is 4.77. The van der Waals surface area contributed by atoms with Gasteiger partial charge in [-0.3, -0.25) is 4.79 Å². The van der Waals surface area contributed by atoms with Gasteiger partial charge in [0.25, 0.3) is 0 Å². The molecule has 0 radical (unpaired) electrons. The minimum atomic E-state index is -3.53. The van der Waals surface area contributed by atoms with Crippen molar-refractivity contribution in [3.63, 3.8) is 0 Å². The van der Waals surface area contributed by atoms with Crippen molar-refractivity contribution in [2.24, 2.45) is 0 Å². The van der Waals surface area contributed by atoms with Gasteiger partial charge in [0.2, 0.25) is 5.91 Å². The lowest BCUT2D eigenvalue weighted by Crippen LogP contribution is -2.49. The van der Waals surface area contributed by atoms with Gasteiger partial charge in [-0.2, -0.15) is 0 Å². The molecule has 0 atom stereocenters. The molecule has 1 aromatic carbocycles. The first kappa shape index (κ1) is 15.0. The zero-order valence-electron chi connectivity index (χ0n) is 11.7. The third-order valence-corrected chi connectivity index (χ3v) is 5.21. The van der Waals surface area contributed by atoms with Crippen molar-refractivity contribution in [3.05, 3.63) is 30.3 Å². The second-order valence-electron chi connectivity index (χ2n) is 4.89. The molecule has 6 heteroatoms. The van der Waals surface area contributed by atoms with E-state index in [1.54, 1.807) is 23.1 Å². The Bertz CT molecular complexity index is 549. The van der Waals surface area contributed by atoms with Crippen LogP contribution in [-0.4, -0.2) is 62.6 Å². The van der Waals surface area contributed by atoms with E-state index < -0.39 is 15.6 Å². The van der Waals surface area contributed by atoms with Crippen LogP contribution in [0, 0.1) is 0 Å². The summed E-state index contributed by atoms with van der Waals surface area (Å²) in [5, 5.41) is 0. The molecule has 2 rings (SSSR count). The number of piperazine rings is 1. The molecular formula is C14H20N2O3S. The maximum absolute atomic E-state index is 12.1. The van der Waals surface area contributed by atoms with Gasteiger partial charge in [-0.1, -0.05) is 25.1 Å². The Morgan fingerprint density at radius 3 is 2.25 bits per heavy atom. The molecule has 0 N–H and O–H groups in total. The van der Waals surface area contributed by atoms with Crippen molar-refractivity contribution < 1.29 is 13.2 Å². The van der Waals surface area contributed by atoms with Crippen LogP contribution in [0.1, 0.15) is 6.92 Å². The number of amides is 1. The van der Waals surface area contributed by atoms with E-state index in [0.29, 0.717) is 13.1 Å². The summed E-state index contributed by atoms with van der Waals surface area (Å²) in [6.07, 6.45) is 0. The number of carbonyl (C=O) groups excluding carboxylic acids is 1. The highest BCUT2D eigenvalue weighted by atomic mass is 32.2. The van der Waals surface area contributed by atoms with Crippen LogP contribution < -0.4 is 0 Å². The van der Waals surface area contributed by atoms with Crippen molar-refractivity contribution in [2.75, 3.05) is 38.5 Å². The number of sulfone groups is 1. The fourth-order valence-corrected chi connectivity index (χ4v) is 3.52. The molecule has 1 saturated heterocycles.